The Morgan fingerprint density at radius 2 is 2.21 bits per heavy atom. The third-order valence-electron chi connectivity index (χ3n) is 4.51. The third kappa shape index (κ3) is 2.43. The summed E-state index contributed by atoms with van der Waals surface area (Å²) in [5.74, 6) is 0.700. The molecule has 1 atom stereocenters. The van der Waals surface area contributed by atoms with Gasteiger partial charge >= 0.3 is 0 Å². The maximum Gasteiger partial charge on any atom is 0.271 e. The quantitative estimate of drug-likeness (QED) is 0.710. The number of likely N-dealkylation sites (tertiary alicyclic amines) is 1. The van der Waals surface area contributed by atoms with Crippen LogP contribution in [0.4, 0.5) is 0 Å². The van der Waals surface area contributed by atoms with Gasteiger partial charge in [-0.2, -0.15) is 0 Å². The second-order valence-electron chi connectivity index (χ2n) is 5.96. The summed E-state index contributed by atoms with van der Waals surface area (Å²) in [7, 11) is 0. The van der Waals surface area contributed by atoms with Gasteiger partial charge < -0.3 is 9.47 Å². The van der Waals surface area contributed by atoms with E-state index in [0.717, 1.165) is 18.7 Å². The summed E-state index contributed by atoms with van der Waals surface area (Å²) in [6.07, 6.45) is 8.69. The standard InChI is InChI=1S/C16H17N5O2S/c1-11-17-4-6-20(11)12-3-2-5-19(10-12)14(22)13-9-18-16-21(15(13)23)7-8-24-16/h4,6-9,12H,2-3,5,10H2,1H3/t12-/m0/s1. The smallest absolute Gasteiger partial charge is 0.271 e. The van der Waals surface area contributed by atoms with E-state index >= 15 is 0 Å². The van der Waals surface area contributed by atoms with E-state index in [1.807, 2.05) is 13.1 Å². The van der Waals surface area contributed by atoms with Crippen LogP contribution in [0.25, 0.3) is 4.96 Å². The number of hydrogen-bond acceptors (Lipinski definition) is 5. The number of nitrogens with zero attached hydrogens (tertiary/aromatic N) is 5. The number of carbonyl (C=O) groups is 1. The van der Waals surface area contributed by atoms with Gasteiger partial charge in [0.2, 0.25) is 0 Å². The zero-order chi connectivity index (χ0) is 16.7. The highest BCUT2D eigenvalue weighted by atomic mass is 32.1. The maximum absolute atomic E-state index is 12.8. The van der Waals surface area contributed by atoms with Crippen molar-refractivity contribution < 1.29 is 4.79 Å². The second kappa shape index (κ2) is 5.86. The molecule has 1 amide bonds. The lowest BCUT2D eigenvalue weighted by atomic mass is 10.0. The van der Waals surface area contributed by atoms with Gasteiger partial charge in [-0.15, -0.1) is 11.3 Å². The minimum Gasteiger partial charge on any atom is -0.336 e. The largest absolute Gasteiger partial charge is 0.336 e. The summed E-state index contributed by atoms with van der Waals surface area (Å²) in [6.45, 7) is 3.21. The number of carbonyl (C=O) groups excluding carboxylic acids is 1. The van der Waals surface area contributed by atoms with E-state index in [9.17, 15) is 9.59 Å². The lowest BCUT2D eigenvalue weighted by Crippen LogP contribution is -2.42. The van der Waals surface area contributed by atoms with E-state index in [0.29, 0.717) is 18.1 Å². The molecule has 0 aliphatic carbocycles. The van der Waals surface area contributed by atoms with Crippen LogP contribution >= 0.6 is 11.3 Å². The Bertz CT molecular complexity index is 957. The van der Waals surface area contributed by atoms with E-state index in [-0.39, 0.29) is 23.1 Å². The summed E-state index contributed by atoms with van der Waals surface area (Å²) in [4.78, 5) is 36.2. The van der Waals surface area contributed by atoms with Crippen molar-refractivity contribution in [3.8, 4) is 0 Å². The molecule has 1 aliphatic rings. The van der Waals surface area contributed by atoms with Gasteiger partial charge in [0, 0.05) is 43.3 Å². The molecule has 3 aromatic heterocycles. The van der Waals surface area contributed by atoms with Crippen LogP contribution in [0, 0.1) is 6.92 Å². The van der Waals surface area contributed by atoms with Gasteiger partial charge in [0.25, 0.3) is 11.5 Å². The molecule has 8 heteroatoms. The molecular formula is C16H17N5O2S. The number of imidazole rings is 1. The van der Waals surface area contributed by atoms with Crippen LogP contribution in [-0.4, -0.2) is 42.8 Å². The van der Waals surface area contributed by atoms with Gasteiger partial charge in [-0.3, -0.25) is 14.0 Å². The molecule has 4 heterocycles. The lowest BCUT2D eigenvalue weighted by Gasteiger charge is -2.33. The van der Waals surface area contributed by atoms with Crippen LogP contribution in [0.15, 0.2) is 35.0 Å². The normalized spacial score (nSPS) is 18.2. The number of thiazole rings is 1. The van der Waals surface area contributed by atoms with Gasteiger partial charge in [0.05, 0.1) is 6.04 Å². The highest BCUT2D eigenvalue weighted by Gasteiger charge is 2.28. The fourth-order valence-electron chi connectivity index (χ4n) is 3.28. The SMILES string of the molecule is Cc1nccn1[C@H]1CCCN(C(=O)c2cnc3sccn3c2=O)C1. The molecular weight excluding hydrogens is 326 g/mol. The molecule has 7 nitrogen and oxygen atoms in total. The molecule has 1 aliphatic heterocycles. The molecule has 0 unspecified atom stereocenters. The number of aromatic nitrogens is 4. The predicted octanol–water partition coefficient (Wildman–Crippen LogP) is 1.74. The lowest BCUT2D eigenvalue weighted by molar-refractivity contribution is 0.0676. The van der Waals surface area contributed by atoms with Crippen molar-refractivity contribution in [2.24, 2.45) is 0 Å². The Morgan fingerprint density at radius 1 is 1.33 bits per heavy atom. The average Bonchev–Trinajstić information content (AvgIpc) is 3.24. The summed E-state index contributed by atoms with van der Waals surface area (Å²) >= 11 is 1.37. The minimum absolute atomic E-state index is 0.133. The number of piperidine rings is 1. The van der Waals surface area contributed by atoms with Gasteiger partial charge in [-0.05, 0) is 19.8 Å². The van der Waals surface area contributed by atoms with Gasteiger partial charge in [0.1, 0.15) is 11.4 Å². The summed E-state index contributed by atoms with van der Waals surface area (Å²) in [6, 6.07) is 0.200. The molecule has 0 radical (unpaired) electrons. The zero-order valence-electron chi connectivity index (χ0n) is 13.3. The average molecular weight is 343 g/mol. The fourth-order valence-corrected chi connectivity index (χ4v) is 3.96. The first-order chi connectivity index (χ1) is 11.6. The molecule has 0 saturated carbocycles. The monoisotopic (exact) mass is 343 g/mol. The number of fused-ring (bicyclic) bond motifs is 1. The first kappa shape index (κ1) is 15.1. The highest BCUT2D eigenvalue weighted by molar-refractivity contribution is 7.15. The highest BCUT2D eigenvalue weighted by Crippen LogP contribution is 2.23. The van der Waals surface area contributed by atoms with Crippen LogP contribution in [0.2, 0.25) is 0 Å². The summed E-state index contributed by atoms with van der Waals surface area (Å²) in [5, 5.41) is 1.79. The van der Waals surface area contributed by atoms with Crippen molar-refractivity contribution in [1.82, 2.24) is 23.8 Å². The van der Waals surface area contributed by atoms with Crippen molar-refractivity contribution >= 4 is 22.2 Å². The van der Waals surface area contributed by atoms with Gasteiger partial charge in [-0.25, -0.2) is 9.97 Å². The Morgan fingerprint density at radius 3 is 3.00 bits per heavy atom. The number of hydrogen-bond donors (Lipinski definition) is 0. The number of aryl methyl sites for hydroxylation is 1. The first-order valence-corrected chi connectivity index (χ1v) is 8.76. The van der Waals surface area contributed by atoms with Crippen LogP contribution < -0.4 is 5.56 Å². The van der Waals surface area contributed by atoms with Crippen molar-refractivity contribution in [3.05, 3.63) is 51.9 Å². The molecule has 0 N–H and O–H groups in total. The molecule has 1 saturated heterocycles. The van der Waals surface area contributed by atoms with Crippen molar-refractivity contribution in [2.45, 2.75) is 25.8 Å². The molecule has 0 aromatic carbocycles. The second-order valence-corrected chi connectivity index (χ2v) is 6.83. The predicted molar refractivity (Wildman–Crippen MR) is 90.5 cm³/mol. The van der Waals surface area contributed by atoms with E-state index in [1.54, 1.807) is 22.7 Å². The Hall–Kier alpha value is -2.48. The van der Waals surface area contributed by atoms with E-state index in [1.165, 1.54) is 21.9 Å². The molecule has 24 heavy (non-hydrogen) atoms. The maximum atomic E-state index is 12.8. The summed E-state index contributed by atoms with van der Waals surface area (Å²) < 4.78 is 3.53. The number of amides is 1. The van der Waals surface area contributed by atoms with Crippen LogP contribution in [0.1, 0.15) is 35.1 Å². The zero-order valence-corrected chi connectivity index (χ0v) is 14.1. The third-order valence-corrected chi connectivity index (χ3v) is 5.28. The van der Waals surface area contributed by atoms with E-state index in [4.69, 9.17) is 0 Å². The van der Waals surface area contributed by atoms with Crippen molar-refractivity contribution in [3.63, 3.8) is 0 Å². The molecule has 4 rings (SSSR count). The Kier molecular flexibility index (Phi) is 3.68. The molecule has 0 bridgehead atoms. The van der Waals surface area contributed by atoms with E-state index < -0.39 is 0 Å². The fraction of sp³-hybridized carbons (Fsp3) is 0.375. The molecule has 3 aromatic rings. The number of rotatable bonds is 2. The van der Waals surface area contributed by atoms with Crippen LogP contribution in [0.5, 0.6) is 0 Å². The molecule has 1 fully saturated rings. The van der Waals surface area contributed by atoms with E-state index in [2.05, 4.69) is 14.5 Å². The molecule has 0 spiro atoms. The van der Waals surface area contributed by atoms with Crippen LogP contribution in [0.3, 0.4) is 0 Å². The van der Waals surface area contributed by atoms with Gasteiger partial charge in [0.15, 0.2) is 4.96 Å². The van der Waals surface area contributed by atoms with Crippen molar-refractivity contribution in [2.75, 3.05) is 13.1 Å². The minimum atomic E-state index is -0.299. The topological polar surface area (TPSA) is 72.5 Å². The van der Waals surface area contributed by atoms with Crippen LogP contribution in [-0.2, 0) is 0 Å². The first-order valence-electron chi connectivity index (χ1n) is 7.89. The summed E-state index contributed by atoms with van der Waals surface area (Å²) in [5.41, 5.74) is -0.166. The van der Waals surface area contributed by atoms with Gasteiger partial charge in [-0.1, -0.05) is 0 Å². The van der Waals surface area contributed by atoms with Crippen molar-refractivity contribution in [1.29, 1.82) is 0 Å². The molecule has 124 valence electrons. The Labute approximate surface area is 142 Å². The Balaban J connectivity index is 1.62.